The quantitative estimate of drug-likeness (QED) is 0.844. The highest BCUT2D eigenvalue weighted by Crippen LogP contribution is 2.19. The van der Waals surface area contributed by atoms with Crippen LogP contribution in [-0.2, 0) is 0 Å². The van der Waals surface area contributed by atoms with Crippen LogP contribution >= 0.6 is 0 Å². The molecule has 0 aliphatic carbocycles. The minimum atomic E-state index is 0.537. The maximum absolute atomic E-state index is 5.87. The molecule has 1 fully saturated rings. The number of hydrogen-bond acceptors (Lipinski definition) is 2. The Hall–Kier alpha value is -1.02. The lowest BCUT2D eigenvalue weighted by Gasteiger charge is -2.23. The van der Waals surface area contributed by atoms with Gasteiger partial charge in [-0.1, -0.05) is 24.1 Å². The van der Waals surface area contributed by atoms with Crippen LogP contribution in [-0.4, -0.2) is 19.2 Å². The van der Waals surface area contributed by atoms with Gasteiger partial charge >= 0.3 is 0 Å². The Balaban J connectivity index is 1.88. The number of ether oxygens (including phenoxy) is 1. The lowest BCUT2D eigenvalue weighted by atomic mass is 10.1. The van der Waals surface area contributed by atoms with Gasteiger partial charge in [0, 0.05) is 6.04 Å². The molecule has 1 heterocycles. The highest BCUT2D eigenvalue weighted by molar-refractivity contribution is 5.35. The van der Waals surface area contributed by atoms with Crippen LogP contribution in [0.2, 0.25) is 0 Å². The maximum Gasteiger partial charge on any atom is 0.122 e. The fourth-order valence-corrected chi connectivity index (χ4v) is 2.22. The third-order valence-corrected chi connectivity index (χ3v) is 3.18. The number of nitrogens with one attached hydrogen (secondary N) is 1. The highest BCUT2D eigenvalue weighted by Gasteiger charge is 2.13. The molecule has 1 aromatic rings. The van der Waals surface area contributed by atoms with Crippen LogP contribution < -0.4 is 10.1 Å². The maximum atomic E-state index is 5.87. The third-order valence-electron chi connectivity index (χ3n) is 3.18. The summed E-state index contributed by atoms with van der Waals surface area (Å²) >= 11 is 0. The Bertz CT molecular complexity index is 343. The molecule has 0 saturated carbocycles. The predicted octanol–water partition coefficient (Wildman–Crippen LogP) is 2.82. The van der Waals surface area contributed by atoms with Crippen molar-refractivity contribution in [3.05, 3.63) is 29.3 Å². The van der Waals surface area contributed by atoms with Gasteiger partial charge in [0.05, 0.1) is 0 Å². The fourth-order valence-electron chi connectivity index (χ4n) is 2.22. The number of piperidine rings is 1. The molecule has 1 atom stereocenters. The normalized spacial score (nSPS) is 20.8. The van der Waals surface area contributed by atoms with Gasteiger partial charge in [0.2, 0.25) is 0 Å². The number of benzene rings is 1. The van der Waals surface area contributed by atoms with Crippen molar-refractivity contribution < 1.29 is 4.74 Å². The third kappa shape index (κ3) is 2.99. The molecule has 88 valence electrons. The van der Waals surface area contributed by atoms with Gasteiger partial charge in [-0.25, -0.2) is 0 Å². The molecule has 1 saturated heterocycles. The van der Waals surface area contributed by atoms with E-state index < -0.39 is 0 Å². The molecule has 2 heteroatoms. The van der Waals surface area contributed by atoms with Crippen LogP contribution in [0.15, 0.2) is 18.2 Å². The lowest BCUT2D eigenvalue weighted by Crippen LogP contribution is -2.38. The van der Waals surface area contributed by atoms with E-state index in [4.69, 9.17) is 4.74 Å². The van der Waals surface area contributed by atoms with Gasteiger partial charge in [0.25, 0.3) is 0 Å². The summed E-state index contributed by atoms with van der Waals surface area (Å²) in [5.74, 6) is 1.03. The van der Waals surface area contributed by atoms with Gasteiger partial charge in [-0.15, -0.1) is 0 Å². The molecule has 0 aromatic heterocycles. The van der Waals surface area contributed by atoms with Gasteiger partial charge in [-0.05, 0) is 44.9 Å². The van der Waals surface area contributed by atoms with E-state index in [1.807, 2.05) is 0 Å². The monoisotopic (exact) mass is 219 g/mol. The van der Waals surface area contributed by atoms with Crippen molar-refractivity contribution in [1.82, 2.24) is 5.32 Å². The molecule has 0 radical (unpaired) electrons. The smallest absolute Gasteiger partial charge is 0.122 e. The summed E-state index contributed by atoms with van der Waals surface area (Å²) < 4.78 is 5.87. The molecule has 1 aliphatic heterocycles. The van der Waals surface area contributed by atoms with Crippen LogP contribution in [0.3, 0.4) is 0 Å². The summed E-state index contributed by atoms with van der Waals surface area (Å²) in [4.78, 5) is 0. The number of rotatable bonds is 3. The summed E-state index contributed by atoms with van der Waals surface area (Å²) in [6.45, 7) is 6.15. The summed E-state index contributed by atoms with van der Waals surface area (Å²) in [5, 5.41) is 3.50. The van der Waals surface area contributed by atoms with Gasteiger partial charge in [0.15, 0.2) is 0 Å². The molecule has 2 nitrogen and oxygen atoms in total. The Kier molecular flexibility index (Phi) is 3.83. The average Bonchev–Trinajstić information content (AvgIpc) is 2.29. The van der Waals surface area contributed by atoms with E-state index >= 15 is 0 Å². The van der Waals surface area contributed by atoms with Crippen LogP contribution in [0.5, 0.6) is 5.75 Å². The predicted molar refractivity (Wildman–Crippen MR) is 67.1 cm³/mol. The molecular formula is C14H21NO. The van der Waals surface area contributed by atoms with Gasteiger partial charge in [-0.3, -0.25) is 0 Å². The summed E-state index contributed by atoms with van der Waals surface area (Å²) in [5.41, 5.74) is 2.52. The topological polar surface area (TPSA) is 21.3 Å². The van der Waals surface area contributed by atoms with Crippen LogP contribution in [0.4, 0.5) is 0 Å². The van der Waals surface area contributed by atoms with Crippen molar-refractivity contribution >= 4 is 0 Å². The van der Waals surface area contributed by atoms with E-state index in [1.165, 1.54) is 30.4 Å². The number of aryl methyl sites for hydroxylation is 2. The Labute approximate surface area is 98.0 Å². The van der Waals surface area contributed by atoms with Crippen molar-refractivity contribution in [1.29, 1.82) is 0 Å². The second kappa shape index (κ2) is 5.35. The second-order valence-corrected chi connectivity index (χ2v) is 4.73. The summed E-state index contributed by atoms with van der Waals surface area (Å²) in [6, 6.07) is 6.89. The van der Waals surface area contributed by atoms with Crippen molar-refractivity contribution in [2.45, 2.75) is 39.2 Å². The lowest BCUT2D eigenvalue weighted by molar-refractivity contribution is 0.238. The van der Waals surface area contributed by atoms with Gasteiger partial charge < -0.3 is 10.1 Å². The first-order valence-electron chi connectivity index (χ1n) is 6.19. The first kappa shape index (κ1) is 11.5. The molecule has 1 unspecified atom stereocenters. The largest absolute Gasteiger partial charge is 0.492 e. The zero-order valence-corrected chi connectivity index (χ0v) is 10.3. The average molecular weight is 219 g/mol. The minimum absolute atomic E-state index is 0.537. The van der Waals surface area contributed by atoms with E-state index in [9.17, 15) is 0 Å². The Morgan fingerprint density at radius 2 is 2.19 bits per heavy atom. The van der Waals surface area contributed by atoms with Gasteiger partial charge in [0.1, 0.15) is 12.4 Å². The SMILES string of the molecule is Cc1ccc(OCC2CCCCN2)c(C)c1. The second-order valence-electron chi connectivity index (χ2n) is 4.73. The Morgan fingerprint density at radius 3 is 2.88 bits per heavy atom. The minimum Gasteiger partial charge on any atom is -0.492 e. The van der Waals surface area contributed by atoms with E-state index in [2.05, 4.69) is 37.4 Å². The van der Waals surface area contributed by atoms with E-state index in [-0.39, 0.29) is 0 Å². The van der Waals surface area contributed by atoms with Gasteiger partial charge in [-0.2, -0.15) is 0 Å². The molecule has 0 bridgehead atoms. The van der Waals surface area contributed by atoms with Crippen molar-refractivity contribution in [2.75, 3.05) is 13.2 Å². The number of hydrogen-bond donors (Lipinski definition) is 1. The fraction of sp³-hybridized carbons (Fsp3) is 0.571. The van der Waals surface area contributed by atoms with E-state index in [1.54, 1.807) is 0 Å². The molecule has 1 aliphatic rings. The molecule has 16 heavy (non-hydrogen) atoms. The molecular weight excluding hydrogens is 198 g/mol. The van der Waals surface area contributed by atoms with Crippen molar-refractivity contribution in [3.8, 4) is 5.75 Å². The summed E-state index contributed by atoms with van der Waals surface area (Å²) in [6.07, 6.45) is 3.87. The molecule has 2 rings (SSSR count). The van der Waals surface area contributed by atoms with Crippen molar-refractivity contribution in [2.24, 2.45) is 0 Å². The zero-order valence-electron chi connectivity index (χ0n) is 10.3. The Morgan fingerprint density at radius 1 is 1.31 bits per heavy atom. The first-order valence-corrected chi connectivity index (χ1v) is 6.19. The van der Waals surface area contributed by atoms with Crippen LogP contribution in [0.25, 0.3) is 0 Å². The molecule has 0 spiro atoms. The van der Waals surface area contributed by atoms with Crippen LogP contribution in [0, 0.1) is 13.8 Å². The van der Waals surface area contributed by atoms with E-state index in [0.717, 1.165) is 18.9 Å². The highest BCUT2D eigenvalue weighted by atomic mass is 16.5. The first-order chi connectivity index (χ1) is 7.75. The molecule has 1 N–H and O–H groups in total. The standard InChI is InChI=1S/C14H21NO/c1-11-6-7-14(12(2)9-11)16-10-13-5-3-4-8-15-13/h6-7,9,13,15H,3-5,8,10H2,1-2H3. The molecule has 0 amide bonds. The van der Waals surface area contributed by atoms with Crippen LogP contribution in [0.1, 0.15) is 30.4 Å². The molecule has 1 aromatic carbocycles. The van der Waals surface area contributed by atoms with E-state index in [0.29, 0.717) is 6.04 Å². The summed E-state index contributed by atoms with van der Waals surface area (Å²) in [7, 11) is 0. The van der Waals surface area contributed by atoms with Crippen molar-refractivity contribution in [3.63, 3.8) is 0 Å². The zero-order chi connectivity index (χ0) is 11.4.